The number of aromatic nitrogens is 1. The van der Waals surface area contributed by atoms with Crippen LogP contribution >= 0.6 is 0 Å². The van der Waals surface area contributed by atoms with E-state index in [-0.39, 0.29) is 0 Å². The summed E-state index contributed by atoms with van der Waals surface area (Å²) in [5.74, 6) is -0.515. The summed E-state index contributed by atoms with van der Waals surface area (Å²) in [5, 5.41) is 0. The summed E-state index contributed by atoms with van der Waals surface area (Å²) >= 11 is 0. The minimum absolute atomic E-state index is 0.515. The molecule has 1 heterocycles. The average molecular weight is 290 g/mol. The third kappa shape index (κ3) is 3.26. The quantitative estimate of drug-likeness (QED) is 0.507. The number of pyridine rings is 1. The highest BCUT2D eigenvalue weighted by Gasteiger charge is 2.07. The van der Waals surface area contributed by atoms with Crippen LogP contribution in [-0.4, -0.2) is 10.7 Å². The Labute approximate surface area is 129 Å². The molecule has 1 aromatic heterocycles. The third-order valence-electron chi connectivity index (χ3n) is 3.24. The maximum absolute atomic E-state index is 13.5. The van der Waals surface area contributed by atoms with Crippen LogP contribution in [0.2, 0.25) is 0 Å². The Morgan fingerprint density at radius 2 is 1.41 bits per heavy atom. The molecule has 0 amide bonds. The first kappa shape index (κ1) is 14.1. The van der Waals surface area contributed by atoms with Gasteiger partial charge in [-0.15, -0.1) is 0 Å². The zero-order chi connectivity index (χ0) is 15.4. The first-order valence-electron chi connectivity index (χ1n) is 7.06. The molecular weight excluding hydrogens is 275 g/mol. The molecule has 0 aliphatic rings. The molecule has 0 fully saturated rings. The molecule has 0 spiro atoms. The van der Waals surface area contributed by atoms with Crippen LogP contribution in [0.15, 0.2) is 77.8 Å². The summed E-state index contributed by atoms with van der Waals surface area (Å²) in [6, 6.07) is 22.9. The SMILES string of the molecule is Cc1cc(N=C(c2ccccc2)c2ccccc2)cc(F)n1. The van der Waals surface area contributed by atoms with Gasteiger partial charge in [-0.1, -0.05) is 60.7 Å². The average Bonchev–Trinajstić information content (AvgIpc) is 2.53. The predicted octanol–water partition coefficient (Wildman–Crippen LogP) is 4.70. The molecule has 2 nitrogen and oxygen atoms in total. The molecule has 0 bridgehead atoms. The van der Waals surface area contributed by atoms with Crippen molar-refractivity contribution in [2.24, 2.45) is 4.99 Å². The lowest BCUT2D eigenvalue weighted by molar-refractivity contribution is 0.580. The number of nitrogens with zero attached hydrogens (tertiary/aromatic N) is 2. The van der Waals surface area contributed by atoms with E-state index in [0.717, 1.165) is 16.8 Å². The monoisotopic (exact) mass is 290 g/mol. The highest BCUT2D eigenvalue weighted by Crippen LogP contribution is 2.19. The molecule has 0 aliphatic carbocycles. The summed E-state index contributed by atoms with van der Waals surface area (Å²) in [6.07, 6.45) is 0. The topological polar surface area (TPSA) is 25.2 Å². The van der Waals surface area contributed by atoms with Gasteiger partial charge in [-0.2, -0.15) is 4.39 Å². The number of halogens is 1. The molecule has 0 radical (unpaired) electrons. The molecule has 22 heavy (non-hydrogen) atoms. The van der Waals surface area contributed by atoms with E-state index in [9.17, 15) is 4.39 Å². The van der Waals surface area contributed by atoms with Crippen molar-refractivity contribution in [1.82, 2.24) is 4.98 Å². The molecule has 0 unspecified atom stereocenters. The Morgan fingerprint density at radius 1 is 0.864 bits per heavy atom. The third-order valence-corrected chi connectivity index (χ3v) is 3.24. The molecule has 3 heteroatoms. The van der Waals surface area contributed by atoms with Crippen molar-refractivity contribution in [1.29, 1.82) is 0 Å². The number of rotatable bonds is 3. The van der Waals surface area contributed by atoms with Crippen LogP contribution in [0.4, 0.5) is 10.1 Å². The van der Waals surface area contributed by atoms with E-state index in [2.05, 4.69) is 9.98 Å². The van der Waals surface area contributed by atoms with Crippen molar-refractivity contribution in [3.05, 3.63) is 95.6 Å². The fraction of sp³-hybridized carbons (Fsp3) is 0.0526. The van der Waals surface area contributed by atoms with E-state index in [4.69, 9.17) is 0 Å². The Bertz CT molecular complexity index is 734. The van der Waals surface area contributed by atoms with Crippen LogP contribution in [-0.2, 0) is 0 Å². The van der Waals surface area contributed by atoms with E-state index in [1.807, 2.05) is 60.7 Å². The number of benzene rings is 2. The van der Waals surface area contributed by atoms with Crippen LogP contribution in [0.3, 0.4) is 0 Å². The van der Waals surface area contributed by atoms with Gasteiger partial charge in [-0.3, -0.25) is 0 Å². The maximum atomic E-state index is 13.5. The molecule has 0 aliphatic heterocycles. The van der Waals surface area contributed by atoms with Crippen LogP contribution in [0.5, 0.6) is 0 Å². The minimum atomic E-state index is -0.515. The van der Waals surface area contributed by atoms with Gasteiger partial charge in [-0.05, 0) is 13.0 Å². The fourth-order valence-electron chi connectivity index (χ4n) is 2.29. The first-order valence-corrected chi connectivity index (χ1v) is 7.06. The smallest absolute Gasteiger partial charge is 0.215 e. The van der Waals surface area contributed by atoms with Gasteiger partial charge >= 0.3 is 0 Å². The first-order chi connectivity index (χ1) is 10.7. The van der Waals surface area contributed by atoms with Gasteiger partial charge in [-0.25, -0.2) is 9.98 Å². The Hall–Kier alpha value is -2.81. The second-order valence-electron chi connectivity index (χ2n) is 4.98. The largest absolute Gasteiger partial charge is 0.248 e. The summed E-state index contributed by atoms with van der Waals surface area (Å²) in [7, 11) is 0. The molecule has 0 saturated carbocycles. The van der Waals surface area contributed by atoms with E-state index < -0.39 is 5.95 Å². The highest BCUT2D eigenvalue weighted by atomic mass is 19.1. The molecule has 3 rings (SSSR count). The summed E-state index contributed by atoms with van der Waals surface area (Å²) in [5.41, 5.74) is 3.96. The van der Waals surface area contributed by atoms with E-state index >= 15 is 0 Å². The minimum Gasteiger partial charge on any atom is -0.248 e. The van der Waals surface area contributed by atoms with Crippen LogP contribution < -0.4 is 0 Å². The molecule has 0 atom stereocenters. The van der Waals surface area contributed by atoms with Gasteiger partial charge < -0.3 is 0 Å². The number of aliphatic imine (C=N–C) groups is 1. The lowest BCUT2D eigenvalue weighted by atomic mass is 10.0. The maximum Gasteiger partial charge on any atom is 0.215 e. The van der Waals surface area contributed by atoms with Crippen molar-refractivity contribution in [2.45, 2.75) is 6.92 Å². The van der Waals surface area contributed by atoms with Crippen molar-refractivity contribution in [3.8, 4) is 0 Å². The fourth-order valence-corrected chi connectivity index (χ4v) is 2.29. The summed E-state index contributed by atoms with van der Waals surface area (Å²) < 4.78 is 13.5. The van der Waals surface area contributed by atoms with Crippen molar-refractivity contribution in [2.75, 3.05) is 0 Å². The molecule has 2 aromatic carbocycles. The zero-order valence-electron chi connectivity index (χ0n) is 12.2. The van der Waals surface area contributed by atoms with Gasteiger partial charge in [0, 0.05) is 22.9 Å². The van der Waals surface area contributed by atoms with E-state index in [1.165, 1.54) is 6.07 Å². The summed E-state index contributed by atoms with van der Waals surface area (Å²) in [6.45, 7) is 1.76. The van der Waals surface area contributed by atoms with Crippen LogP contribution in [0, 0.1) is 12.9 Å². The lowest BCUT2D eigenvalue weighted by Crippen LogP contribution is -2.02. The van der Waals surface area contributed by atoms with Crippen molar-refractivity contribution in [3.63, 3.8) is 0 Å². The van der Waals surface area contributed by atoms with Crippen LogP contribution in [0.1, 0.15) is 16.8 Å². The Kier molecular flexibility index (Phi) is 4.05. The van der Waals surface area contributed by atoms with Gasteiger partial charge in [0.1, 0.15) is 0 Å². The van der Waals surface area contributed by atoms with Crippen molar-refractivity contribution < 1.29 is 4.39 Å². The predicted molar refractivity (Wildman–Crippen MR) is 87.1 cm³/mol. The molecule has 3 aromatic rings. The lowest BCUT2D eigenvalue weighted by Gasteiger charge is -2.08. The molecule has 0 saturated heterocycles. The summed E-state index contributed by atoms with van der Waals surface area (Å²) in [4.78, 5) is 8.41. The van der Waals surface area contributed by atoms with Crippen LogP contribution in [0.25, 0.3) is 0 Å². The highest BCUT2D eigenvalue weighted by molar-refractivity contribution is 6.13. The van der Waals surface area contributed by atoms with Gasteiger partial charge in [0.05, 0.1) is 11.4 Å². The number of hydrogen-bond donors (Lipinski definition) is 0. The Morgan fingerprint density at radius 3 is 1.91 bits per heavy atom. The zero-order valence-corrected chi connectivity index (χ0v) is 12.2. The Balaban J connectivity index is 2.15. The van der Waals surface area contributed by atoms with Gasteiger partial charge in [0.15, 0.2) is 0 Å². The van der Waals surface area contributed by atoms with Crippen molar-refractivity contribution >= 4 is 11.4 Å². The number of hydrogen-bond acceptors (Lipinski definition) is 2. The van der Waals surface area contributed by atoms with E-state index in [0.29, 0.717) is 11.4 Å². The number of aryl methyl sites for hydroxylation is 1. The molecular formula is C19H15FN2. The van der Waals surface area contributed by atoms with E-state index in [1.54, 1.807) is 13.0 Å². The molecule has 108 valence electrons. The van der Waals surface area contributed by atoms with Gasteiger partial charge in [0.25, 0.3) is 0 Å². The second-order valence-corrected chi connectivity index (χ2v) is 4.98. The van der Waals surface area contributed by atoms with Gasteiger partial charge in [0.2, 0.25) is 5.95 Å². The normalized spacial score (nSPS) is 10.3. The standard InChI is InChI=1S/C19H15FN2/c1-14-12-17(13-18(20)21-14)22-19(15-8-4-2-5-9-15)16-10-6-3-7-11-16/h2-13H,1H3. The second kappa shape index (κ2) is 6.31. The molecule has 0 N–H and O–H groups in total.